The lowest BCUT2D eigenvalue weighted by Crippen LogP contribution is -2.12. The van der Waals surface area contributed by atoms with E-state index in [0.29, 0.717) is 11.3 Å². The molecule has 0 saturated carbocycles. The number of hydrogen-bond donors (Lipinski definition) is 5. The first-order chi connectivity index (χ1) is 12.9. The summed E-state index contributed by atoms with van der Waals surface area (Å²) in [4.78, 5) is 26.9. The molecule has 3 aromatic rings. The summed E-state index contributed by atoms with van der Waals surface area (Å²) in [5.74, 6) is -1.30. The molecule has 0 bridgehead atoms. The van der Waals surface area contributed by atoms with Crippen molar-refractivity contribution in [3.8, 4) is 5.75 Å². The fraction of sp³-hybridized carbons (Fsp3) is 0. The zero-order valence-electron chi connectivity index (χ0n) is 13.9. The minimum absolute atomic E-state index is 0.0624. The van der Waals surface area contributed by atoms with Gasteiger partial charge in [-0.1, -0.05) is 0 Å². The van der Waals surface area contributed by atoms with Crippen LogP contribution in [0, 0.1) is 0 Å². The Morgan fingerprint density at radius 1 is 1.11 bits per heavy atom. The minimum Gasteiger partial charge on any atom is -0.508 e. The molecule has 6 N–H and O–H groups in total. The SMILES string of the molecule is NC(=O)c1c(Nc2ccc(C(=O)O)cc2)n[nH]c1/N=C/c1ccc(O)cc1. The third-order valence-corrected chi connectivity index (χ3v) is 3.62. The normalized spacial score (nSPS) is 10.8. The zero-order chi connectivity index (χ0) is 19.4. The summed E-state index contributed by atoms with van der Waals surface area (Å²) in [5.41, 5.74) is 6.88. The van der Waals surface area contributed by atoms with Crippen LogP contribution < -0.4 is 11.1 Å². The molecule has 2 aromatic carbocycles. The number of aromatic nitrogens is 2. The van der Waals surface area contributed by atoms with E-state index >= 15 is 0 Å². The van der Waals surface area contributed by atoms with Crippen molar-refractivity contribution in [3.05, 3.63) is 65.2 Å². The van der Waals surface area contributed by atoms with Crippen LogP contribution in [0.3, 0.4) is 0 Å². The first-order valence-corrected chi connectivity index (χ1v) is 7.75. The Bertz CT molecular complexity index is 1010. The molecule has 27 heavy (non-hydrogen) atoms. The van der Waals surface area contributed by atoms with Crippen LogP contribution >= 0.6 is 0 Å². The summed E-state index contributed by atoms with van der Waals surface area (Å²) in [5, 5.41) is 27.8. The first kappa shape index (κ1) is 17.7. The molecule has 0 aliphatic heterocycles. The molecular weight excluding hydrogens is 350 g/mol. The van der Waals surface area contributed by atoms with Crippen LogP contribution in [0.5, 0.6) is 5.75 Å². The van der Waals surface area contributed by atoms with E-state index in [1.165, 1.54) is 30.5 Å². The average molecular weight is 365 g/mol. The summed E-state index contributed by atoms with van der Waals surface area (Å²) >= 11 is 0. The molecule has 0 fully saturated rings. The number of nitrogens with zero attached hydrogens (tertiary/aromatic N) is 2. The molecule has 1 aromatic heterocycles. The average Bonchev–Trinajstić information content (AvgIpc) is 3.04. The number of hydrogen-bond acceptors (Lipinski definition) is 6. The number of carbonyl (C=O) groups excluding carboxylic acids is 1. The highest BCUT2D eigenvalue weighted by atomic mass is 16.4. The fourth-order valence-corrected chi connectivity index (χ4v) is 2.28. The number of H-pyrrole nitrogens is 1. The molecule has 3 rings (SSSR count). The number of carboxylic acids is 1. The summed E-state index contributed by atoms with van der Waals surface area (Å²) in [6, 6.07) is 12.3. The number of nitrogens with one attached hydrogen (secondary N) is 2. The van der Waals surface area contributed by atoms with Crippen LogP contribution in [0.4, 0.5) is 17.3 Å². The lowest BCUT2D eigenvalue weighted by Gasteiger charge is -2.05. The maximum Gasteiger partial charge on any atom is 0.335 e. The van der Waals surface area contributed by atoms with E-state index in [1.54, 1.807) is 24.3 Å². The van der Waals surface area contributed by atoms with Crippen LogP contribution in [0.2, 0.25) is 0 Å². The Balaban J connectivity index is 1.85. The zero-order valence-corrected chi connectivity index (χ0v) is 13.9. The highest BCUT2D eigenvalue weighted by Gasteiger charge is 2.18. The lowest BCUT2D eigenvalue weighted by molar-refractivity contribution is 0.0696. The molecule has 136 valence electrons. The van der Waals surface area contributed by atoms with E-state index in [0.717, 1.165) is 0 Å². The monoisotopic (exact) mass is 365 g/mol. The van der Waals surface area contributed by atoms with Gasteiger partial charge in [0.25, 0.3) is 5.91 Å². The lowest BCUT2D eigenvalue weighted by atomic mass is 10.2. The second-order valence-electron chi connectivity index (χ2n) is 5.52. The number of nitrogens with two attached hydrogens (primary N) is 1. The molecule has 0 aliphatic rings. The molecular formula is C18H15N5O4. The third-order valence-electron chi connectivity index (χ3n) is 3.62. The molecule has 0 atom stereocenters. The first-order valence-electron chi connectivity index (χ1n) is 7.75. The van der Waals surface area contributed by atoms with Crippen molar-refractivity contribution in [2.45, 2.75) is 0 Å². The van der Waals surface area contributed by atoms with Gasteiger partial charge >= 0.3 is 5.97 Å². The molecule has 0 spiro atoms. The van der Waals surface area contributed by atoms with Crippen LogP contribution in [-0.4, -0.2) is 38.5 Å². The number of rotatable bonds is 6. The van der Waals surface area contributed by atoms with Crippen molar-refractivity contribution in [1.29, 1.82) is 0 Å². The Labute approximate surface area is 153 Å². The van der Waals surface area contributed by atoms with Gasteiger partial charge in [-0.2, -0.15) is 5.10 Å². The van der Waals surface area contributed by atoms with Crippen molar-refractivity contribution in [3.63, 3.8) is 0 Å². The highest BCUT2D eigenvalue weighted by molar-refractivity contribution is 6.03. The molecule has 0 radical (unpaired) electrons. The predicted octanol–water partition coefficient (Wildman–Crippen LogP) is 2.41. The van der Waals surface area contributed by atoms with Gasteiger partial charge < -0.3 is 21.3 Å². The number of aromatic hydroxyl groups is 1. The third kappa shape index (κ3) is 4.10. The van der Waals surface area contributed by atoms with Crippen LogP contribution in [0.25, 0.3) is 0 Å². The Kier molecular flexibility index (Phi) is 4.84. The van der Waals surface area contributed by atoms with E-state index in [2.05, 4.69) is 20.5 Å². The minimum atomic E-state index is -1.04. The molecule has 1 amide bonds. The quantitative estimate of drug-likeness (QED) is 0.423. The van der Waals surface area contributed by atoms with Crippen LogP contribution in [0.1, 0.15) is 26.3 Å². The summed E-state index contributed by atoms with van der Waals surface area (Å²) in [6.45, 7) is 0. The molecule has 0 aliphatic carbocycles. The van der Waals surface area contributed by atoms with E-state index in [1.807, 2.05) is 0 Å². The van der Waals surface area contributed by atoms with Gasteiger partial charge in [0, 0.05) is 11.9 Å². The van der Waals surface area contributed by atoms with Crippen molar-refractivity contribution < 1.29 is 19.8 Å². The largest absolute Gasteiger partial charge is 0.508 e. The number of aromatic amines is 1. The van der Waals surface area contributed by atoms with Gasteiger partial charge in [0.05, 0.1) is 5.56 Å². The van der Waals surface area contributed by atoms with Gasteiger partial charge in [0.15, 0.2) is 11.6 Å². The number of carboxylic acid groups (broad SMARTS) is 1. The van der Waals surface area contributed by atoms with Gasteiger partial charge in [-0.25, -0.2) is 9.79 Å². The number of phenols is 1. The number of carbonyl (C=O) groups is 2. The van der Waals surface area contributed by atoms with Crippen molar-refractivity contribution >= 4 is 35.4 Å². The molecule has 0 saturated heterocycles. The molecule has 9 nitrogen and oxygen atoms in total. The maximum atomic E-state index is 11.8. The molecule has 0 unspecified atom stereocenters. The fourth-order valence-electron chi connectivity index (χ4n) is 2.28. The number of aliphatic imine (C=N–C) groups is 1. The van der Waals surface area contributed by atoms with Crippen molar-refractivity contribution in [2.24, 2.45) is 10.7 Å². The number of anilines is 2. The van der Waals surface area contributed by atoms with Crippen molar-refractivity contribution in [1.82, 2.24) is 10.2 Å². The van der Waals surface area contributed by atoms with Gasteiger partial charge in [-0.3, -0.25) is 9.89 Å². The van der Waals surface area contributed by atoms with Gasteiger partial charge in [0.2, 0.25) is 0 Å². The van der Waals surface area contributed by atoms with Crippen LogP contribution in [-0.2, 0) is 0 Å². The molecule has 1 heterocycles. The second-order valence-corrected chi connectivity index (χ2v) is 5.52. The number of primary amides is 1. The maximum absolute atomic E-state index is 11.8. The summed E-state index contributed by atoms with van der Waals surface area (Å²) in [6.07, 6.45) is 1.49. The van der Waals surface area contributed by atoms with Crippen molar-refractivity contribution in [2.75, 3.05) is 5.32 Å². The number of benzene rings is 2. The van der Waals surface area contributed by atoms with Crippen LogP contribution in [0.15, 0.2) is 53.5 Å². The van der Waals surface area contributed by atoms with E-state index in [4.69, 9.17) is 10.8 Å². The number of amides is 1. The van der Waals surface area contributed by atoms with Gasteiger partial charge in [-0.05, 0) is 54.1 Å². The Hall–Kier alpha value is -4.14. The van der Waals surface area contributed by atoms with Gasteiger partial charge in [0.1, 0.15) is 11.3 Å². The van der Waals surface area contributed by atoms with Gasteiger partial charge in [-0.15, -0.1) is 0 Å². The number of phenolic OH excluding ortho intramolecular Hbond substituents is 1. The number of aromatic carboxylic acids is 1. The predicted molar refractivity (Wildman–Crippen MR) is 99.2 cm³/mol. The smallest absolute Gasteiger partial charge is 0.335 e. The summed E-state index contributed by atoms with van der Waals surface area (Å²) < 4.78 is 0. The topological polar surface area (TPSA) is 154 Å². The second kappa shape index (κ2) is 7.40. The van der Waals surface area contributed by atoms with E-state index < -0.39 is 11.9 Å². The van der Waals surface area contributed by atoms with E-state index in [9.17, 15) is 14.7 Å². The van der Waals surface area contributed by atoms with E-state index in [-0.39, 0.29) is 28.5 Å². The Morgan fingerprint density at radius 3 is 2.37 bits per heavy atom. The standard InChI is InChI=1S/C18H15N5O4/c19-15(25)14-16(20-9-10-1-7-13(24)8-2-10)22-23-17(14)21-12-5-3-11(4-6-12)18(26)27/h1-9,24H,(H2,19,25)(H,26,27)(H2,21,22,23)/b20-9+. The Morgan fingerprint density at radius 2 is 1.78 bits per heavy atom. The molecule has 9 heteroatoms. The highest BCUT2D eigenvalue weighted by Crippen LogP contribution is 2.26. The summed E-state index contributed by atoms with van der Waals surface area (Å²) in [7, 11) is 0.